The van der Waals surface area contributed by atoms with Crippen molar-refractivity contribution in [1.82, 2.24) is 9.78 Å². The first kappa shape index (κ1) is 11.7. The molecule has 0 unspecified atom stereocenters. The summed E-state index contributed by atoms with van der Waals surface area (Å²) in [5.41, 5.74) is 2.92. The lowest BCUT2D eigenvalue weighted by molar-refractivity contribution is 0.625. The van der Waals surface area contributed by atoms with Crippen molar-refractivity contribution in [3.8, 4) is 5.69 Å². The van der Waals surface area contributed by atoms with Crippen LogP contribution in [-0.4, -0.2) is 9.78 Å². The second kappa shape index (κ2) is 5.06. The molecule has 0 radical (unpaired) electrons. The Morgan fingerprint density at radius 3 is 2.58 bits per heavy atom. The smallest absolute Gasteiger partial charge is 0.125 e. The molecule has 3 rings (SSSR count). The topological polar surface area (TPSA) is 17.8 Å². The lowest BCUT2D eigenvalue weighted by Crippen LogP contribution is -1.97. The van der Waals surface area contributed by atoms with Gasteiger partial charge in [-0.05, 0) is 29.8 Å². The quantitative estimate of drug-likeness (QED) is 0.696. The predicted molar refractivity (Wildman–Crippen MR) is 72.8 cm³/mol. The van der Waals surface area contributed by atoms with E-state index in [1.165, 1.54) is 17.7 Å². The highest BCUT2D eigenvalue weighted by Gasteiger charge is 2.03. The Labute approximate surface area is 111 Å². The molecule has 0 saturated heterocycles. The van der Waals surface area contributed by atoms with Gasteiger partial charge in [0.25, 0.3) is 0 Å². The Morgan fingerprint density at radius 1 is 0.947 bits per heavy atom. The summed E-state index contributed by atoms with van der Waals surface area (Å²) in [5.74, 6) is -0.252. The van der Waals surface area contributed by atoms with E-state index >= 15 is 0 Å². The summed E-state index contributed by atoms with van der Waals surface area (Å²) in [6.07, 6.45) is 2.64. The molecule has 1 heterocycles. The van der Waals surface area contributed by atoms with Crippen molar-refractivity contribution in [2.45, 2.75) is 6.42 Å². The van der Waals surface area contributed by atoms with Crippen molar-refractivity contribution in [2.75, 3.05) is 0 Å². The van der Waals surface area contributed by atoms with Crippen LogP contribution in [0.3, 0.4) is 0 Å². The Bertz CT molecular complexity index is 674. The van der Waals surface area contributed by atoms with E-state index in [0.717, 1.165) is 17.8 Å². The van der Waals surface area contributed by atoms with E-state index in [0.29, 0.717) is 0 Å². The number of nitrogens with zero attached hydrogens (tertiary/aromatic N) is 2. The Hall–Kier alpha value is -2.42. The van der Waals surface area contributed by atoms with Gasteiger partial charge in [-0.1, -0.05) is 36.4 Å². The Morgan fingerprint density at radius 2 is 1.79 bits per heavy atom. The van der Waals surface area contributed by atoms with E-state index < -0.39 is 0 Å². The largest absolute Gasteiger partial charge is 0.241 e. The summed E-state index contributed by atoms with van der Waals surface area (Å²) in [6, 6.07) is 18.5. The van der Waals surface area contributed by atoms with Crippen LogP contribution in [0.2, 0.25) is 0 Å². The average molecular weight is 252 g/mol. The van der Waals surface area contributed by atoms with Gasteiger partial charge < -0.3 is 0 Å². The van der Waals surface area contributed by atoms with Gasteiger partial charge in [0.1, 0.15) is 5.82 Å². The van der Waals surface area contributed by atoms with Crippen molar-refractivity contribution < 1.29 is 4.39 Å². The monoisotopic (exact) mass is 252 g/mol. The van der Waals surface area contributed by atoms with Crippen LogP contribution in [0.15, 0.2) is 66.9 Å². The van der Waals surface area contributed by atoms with Crippen LogP contribution in [0.4, 0.5) is 4.39 Å². The Kier molecular flexibility index (Phi) is 3.11. The molecule has 1 aromatic heterocycles. The second-order valence-electron chi connectivity index (χ2n) is 4.39. The first-order valence-corrected chi connectivity index (χ1v) is 6.16. The molecule has 94 valence electrons. The van der Waals surface area contributed by atoms with Crippen molar-refractivity contribution in [2.24, 2.45) is 0 Å². The zero-order chi connectivity index (χ0) is 13.1. The van der Waals surface area contributed by atoms with Gasteiger partial charge in [0.05, 0.1) is 11.4 Å². The number of hydrogen-bond donors (Lipinski definition) is 0. The minimum absolute atomic E-state index is 0.252. The summed E-state index contributed by atoms with van der Waals surface area (Å²) < 4.78 is 14.9. The van der Waals surface area contributed by atoms with Gasteiger partial charge in [-0.2, -0.15) is 5.10 Å². The standard InChI is InChI=1S/C16H13FN2/c17-14-7-4-8-16(12-14)19-10-9-15(18-19)11-13-5-2-1-3-6-13/h1-10,12H,11H2. The maximum absolute atomic E-state index is 13.2. The summed E-state index contributed by atoms with van der Waals surface area (Å²) in [4.78, 5) is 0. The molecule has 0 bridgehead atoms. The fourth-order valence-electron chi connectivity index (χ4n) is 2.02. The molecule has 19 heavy (non-hydrogen) atoms. The van der Waals surface area contributed by atoms with Crippen LogP contribution in [0, 0.1) is 5.82 Å². The van der Waals surface area contributed by atoms with Crippen LogP contribution in [-0.2, 0) is 6.42 Å². The van der Waals surface area contributed by atoms with E-state index in [-0.39, 0.29) is 5.82 Å². The molecule has 0 aliphatic heterocycles. The lowest BCUT2D eigenvalue weighted by Gasteiger charge is -2.01. The normalized spacial score (nSPS) is 10.6. The van der Waals surface area contributed by atoms with Crippen LogP contribution in [0.25, 0.3) is 5.69 Å². The van der Waals surface area contributed by atoms with Gasteiger partial charge in [-0.25, -0.2) is 9.07 Å². The van der Waals surface area contributed by atoms with Crippen LogP contribution in [0.5, 0.6) is 0 Å². The minimum Gasteiger partial charge on any atom is -0.241 e. The van der Waals surface area contributed by atoms with Crippen molar-refractivity contribution in [3.63, 3.8) is 0 Å². The van der Waals surface area contributed by atoms with Crippen molar-refractivity contribution >= 4 is 0 Å². The lowest BCUT2D eigenvalue weighted by atomic mass is 10.1. The maximum Gasteiger partial charge on any atom is 0.125 e. The van der Waals surface area contributed by atoms with E-state index in [1.807, 2.05) is 36.5 Å². The van der Waals surface area contributed by atoms with Gasteiger partial charge in [-0.3, -0.25) is 0 Å². The summed E-state index contributed by atoms with van der Waals surface area (Å²) in [5, 5.41) is 4.47. The van der Waals surface area contributed by atoms with Gasteiger partial charge in [-0.15, -0.1) is 0 Å². The SMILES string of the molecule is Fc1cccc(-n2ccc(Cc3ccccc3)n2)c1. The zero-order valence-corrected chi connectivity index (χ0v) is 10.3. The molecule has 0 aliphatic rings. The van der Waals surface area contributed by atoms with Crippen molar-refractivity contribution in [1.29, 1.82) is 0 Å². The maximum atomic E-state index is 13.2. The highest BCUT2D eigenvalue weighted by molar-refractivity contribution is 5.32. The molecule has 2 aromatic carbocycles. The highest BCUT2D eigenvalue weighted by Crippen LogP contribution is 2.12. The molecular weight excluding hydrogens is 239 g/mol. The molecule has 2 nitrogen and oxygen atoms in total. The van der Waals surface area contributed by atoms with E-state index in [4.69, 9.17) is 0 Å². The zero-order valence-electron chi connectivity index (χ0n) is 10.3. The third-order valence-electron chi connectivity index (χ3n) is 2.95. The van der Waals surface area contributed by atoms with Crippen LogP contribution < -0.4 is 0 Å². The molecule has 0 amide bonds. The van der Waals surface area contributed by atoms with E-state index in [2.05, 4.69) is 17.2 Å². The first-order valence-electron chi connectivity index (χ1n) is 6.16. The molecule has 3 aromatic rings. The molecule has 0 N–H and O–H groups in total. The third-order valence-corrected chi connectivity index (χ3v) is 2.95. The number of rotatable bonds is 3. The molecule has 0 saturated carbocycles. The highest BCUT2D eigenvalue weighted by atomic mass is 19.1. The Balaban J connectivity index is 1.84. The molecule has 0 atom stereocenters. The fourth-order valence-corrected chi connectivity index (χ4v) is 2.02. The average Bonchev–Trinajstić information content (AvgIpc) is 2.88. The minimum atomic E-state index is -0.252. The molecule has 0 fully saturated rings. The second-order valence-corrected chi connectivity index (χ2v) is 4.39. The molecular formula is C16H13FN2. The molecule has 3 heteroatoms. The number of aromatic nitrogens is 2. The number of hydrogen-bond acceptors (Lipinski definition) is 1. The summed E-state index contributed by atoms with van der Waals surface area (Å²) in [7, 11) is 0. The predicted octanol–water partition coefficient (Wildman–Crippen LogP) is 3.60. The van der Waals surface area contributed by atoms with Crippen LogP contribution in [0.1, 0.15) is 11.3 Å². The van der Waals surface area contributed by atoms with E-state index in [1.54, 1.807) is 10.7 Å². The summed E-state index contributed by atoms with van der Waals surface area (Å²) >= 11 is 0. The molecule has 0 spiro atoms. The van der Waals surface area contributed by atoms with Gasteiger partial charge in [0.15, 0.2) is 0 Å². The van der Waals surface area contributed by atoms with Crippen molar-refractivity contribution in [3.05, 3.63) is 83.9 Å². The first-order chi connectivity index (χ1) is 9.31. The molecule has 0 aliphatic carbocycles. The number of halogens is 1. The fraction of sp³-hybridized carbons (Fsp3) is 0.0625. The third kappa shape index (κ3) is 2.71. The summed E-state index contributed by atoms with van der Waals surface area (Å²) in [6.45, 7) is 0. The van der Waals surface area contributed by atoms with Gasteiger partial charge >= 0.3 is 0 Å². The number of benzene rings is 2. The van der Waals surface area contributed by atoms with Gasteiger partial charge in [0, 0.05) is 12.6 Å². The van der Waals surface area contributed by atoms with Crippen LogP contribution >= 0.6 is 0 Å². The van der Waals surface area contributed by atoms with Gasteiger partial charge in [0.2, 0.25) is 0 Å². The van der Waals surface area contributed by atoms with E-state index in [9.17, 15) is 4.39 Å².